The first-order chi connectivity index (χ1) is 16.5. The van der Waals surface area contributed by atoms with E-state index in [4.69, 9.17) is 0 Å². The van der Waals surface area contributed by atoms with Gasteiger partial charge in [0.05, 0.1) is 27.6 Å². The summed E-state index contributed by atoms with van der Waals surface area (Å²) in [6, 6.07) is 11.6. The summed E-state index contributed by atoms with van der Waals surface area (Å²) in [7, 11) is 0. The van der Waals surface area contributed by atoms with Crippen LogP contribution in [0.1, 0.15) is 20.8 Å². The minimum Gasteiger partial charge on any atom is -0.364 e. The van der Waals surface area contributed by atoms with Crippen molar-refractivity contribution in [2.45, 2.75) is 20.8 Å². The van der Waals surface area contributed by atoms with E-state index >= 15 is 0 Å². The van der Waals surface area contributed by atoms with Crippen molar-refractivity contribution < 1.29 is 18.1 Å². The van der Waals surface area contributed by atoms with Crippen molar-refractivity contribution in [3.8, 4) is 34.0 Å². The predicted octanol–water partition coefficient (Wildman–Crippen LogP) is 6.59. The third-order valence-corrected chi connectivity index (χ3v) is 5.13. The molecule has 7 nitrogen and oxygen atoms in total. The van der Waals surface area contributed by atoms with E-state index in [-0.39, 0.29) is 45.4 Å². The molecule has 0 radical (unpaired) electrons. The maximum Gasteiger partial charge on any atom is 0.311 e. The van der Waals surface area contributed by atoms with Crippen LogP contribution in [0, 0.1) is 33.0 Å². The van der Waals surface area contributed by atoms with Gasteiger partial charge in [-0.1, -0.05) is 26.8 Å². The van der Waals surface area contributed by atoms with Crippen LogP contribution in [0.25, 0.3) is 34.0 Å². The summed E-state index contributed by atoms with van der Waals surface area (Å²) in [6.45, 7) is 6.30. The number of aromatic amines is 1. The van der Waals surface area contributed by atoms with E-state index in [1.165, 1.54) is 42.5 Å². The third kappa shape index (κ3) is 5.16. The normalized spacial score (nSPS) is 11.5. The quantitative estimate of drug-likeness (QED) is 0.239. The zero-order chi connectivity index (χ0) is 25.3. The summed E-state index contributed by atoms with van der Waals surface area (Å²) in [6.07, 6.45) is 0. The molecular formula is C25H22F3N5O2. The number of nitrogens with one attached hydrogen (secondary N) is 2. The van der Waals surface area contributed by atoms with Crippen molar-refractivity contribution in [2.75, 3.05) is 11.9 Å². The lowest BCUT2D eigenvalue weighted by molar-refractivity contribution is -0.384. The Kier molecular flexibility index (Phi) is 6.29. The van der Waals surface area contributed by atoms with E-state index in [1.54, 1.807) is 0 Å². The zero-order valence-corrected chi connectivity index (χ0v) is 19.2. The van der Waals surface area contributed by atoms with E-state index in [2.05, 4.69) is 20.3 Å². The fraction of sp³-hybridized carbons (Fsp3) is 0.200. The number of anilines is 1. The summed E-state index contributed by atoms with van der Waals surface area (Å²) in [4.78, 5) is 22.8. The number of benzene rings is 2. The van der Waals surface area contributed by atoms with E-state index in [1.807, 2.05) is 20.8 Å². The highest BCUT2D eigenvalue weighted by Gasteiger charge is 2.24. The molecule has 0 bridgehead atoms. The molecule has 0 aliphatic heterocycles. The first kappa shape index (κ1) is 23.9. The van der Waals surface area contributed by atoms with Crippen LogP contribution in [-0.4, -0.2) is 26.4 Å². The van der Waals surface area contributed by atoms with Crippen LogP contribution >= 0.6 is 0 Å². The number of nitrogens with zero attached hydrogens (tertiary/aromatic N) is 3. The van der Waals surface area contributed by atoms with Crippen molar-refractivity contribution in [1.82, 2.24) is 15.0 Å². The monoisotopic (exact) mass is 481 g/mol. The molecule has 0 aliphatic carbocycles. The Labute approximate surface area is 199 Å². The van der Waals surface area contributed by atoms with Gasteiger partial charge >= 0.3 is 5.69 Å². The van der Waals surface area contributed by atoms with Crippen molar-refractivity contribution >= 4 is 11.5 Å². The van der Waals surface area contributed by atoms with Gasteiger partial charge in [-0.05, 0) is 47.9 Å². The highest BCUT2D eigenvalue weighted by Crippen LogP contribution is 2.36. The van der Waals surface area contributed by atoms with E-state index in [9.17, 15) is 23.3 Å². The van der Waals surface area contributed by atoms with Crippen LogP contribution in [0.4, 0.5) is 24.7 Å². The second kappa shape index (κ2) is 9.21. The average Bonchev–Trinajstić information content (AvgIpc) is 3.22. The highest BCUT2D eigenvalue weighted by atomic mass is 19.1. The van der Waals surface area contributed by atoms with Crippen molar-refractivity contribution in [2.24, 2.45) is 5.41 Å². The lowest BCUT2D eigenvalue weighted by atomic mass is 9.97. The molecule has 2 aromatic carbocycles. The van der Waals surface area contributed by atoms with Crippen LogP contribution < -0.4 is 5.32 Å². The smallest absolute Gasteiger partial charge is 0.311 e. The fourth-order valence-electron chi connectivity index (χ4n) is 3.44. The summed E-state index contributed by atoms with van der Waals surface area (Å²) in [5.41, 5.74) is 0.464. The number of aromatic nitrogens is 3. The molecule has 180 valence electrons. The van der Waals surface area contributed by atoms with E-state index in [0.717, 1.165) is 12.1 Å². The SMILES string of the molecule is CC(C)(C)CNc1nc(-c2[nH]c(-c3c(F)cccc3F)nc2-c2ccc(F)cc2)ccc1[N+](=O)[O-]. The maximum atomic E-state index is 14.5. The molecule has 2 aromatic heterocycles. The van der Waals surface area contributed by atoms with Crippen molar-refractivity contribution in [1.29, 1.82) is 0 Å². The predicted molar refractivity (Wildman–Crippen MR) is 127 cm³/mol. The number of imidazole rings is 1. The van der Waals surface area contributed by atoms with Gasteiger partial charge in [0.15, 0.2) is 0 Å². The average molecular weight is 481 g/mol. The van der Waals surface area contributed by atoms with Gasteiger partial charge in [0.25, 0.3) is 0 Å². The summed E-state index contributed by atoms with van der Waals surface area (Å²) < 4.78 is 42.5. The molecule has 0 spiro atoms. The van der Waals surface area contributed by atoms with Gasteiger partial charge in [-0.2, -0.15) is 0 Å². The second-order valence-corrected chi connectivity index (χ2v) is 9.15. The van der Waals surface area contributed by atoms with Gasteiger partial charge in [0, 0.05) is 18.2 Å². The number of halogens is 3. The Morgan fingerprint density at radius 2 is 1.63 bits per heavy atom. The van der Waals surface area contributed by atoms with Gasteiger partial charge in [0.2, 0.25) is 5.82 Å². The molecule has 0 atom stereocenters. The van der Waals surface area contributed by atoms with Gasteiger partial charge in [-0.3, -0.25) is 10.1 Å². The van der Waals surface area contributed by atoms with Crippen molar-refractivity contribution in [3.63, 3.8) is 0 Å². The molecule has 4 aromatic rings. The Morgan fingerprint density at radius 3 is 2.23 bits per heavy atom. The molecule has 0 unspecified atom stereocenters. The Morgan fingerprint density at radius 1 is 0.971 bits per heavy atom. The molecule has 2 N–H and O–H groups in total. The number of rotatable bonds is 6. The zero-order valence-electron chi connectivity index (χ0n) is 19.2. The Bertz CT molecular complexity index is 1380. The standard InChI is InChI=1S/C25H22F3N5O2/c1-25(2,3)13-29-23-19(33(34)35)12-11-18(30-23)22-21(14-7-9-15(26)10-8-14)31-24(32-22)20-16(27)5-4-6-17(20)28/h4-12H,13H2,1-3H3,(H,29,30)(H,31,32). The Hall–Kier alpha value is -4.21. The first-order valence-electron chi connectivity index (χ1n) is 10.7. The molecule has 0 saturated carbocycles. The number of nitro groups is 1. The largest absolute Gasteiger partial charge is 0.364 e. The molecular weight excluding hydrogens is 459 g/mol. The van der Waals surface area contributed by atoms with Gasteiger partial charge in [-0.25, -0.2) is 23.1 Å². The minimum atomic E-state index is -0.819. The van der Waals surface area contributed by atoms with Gasteiger partial charge in [0.1, 0.15) is 23.3 Å². The highest BCUT2D eigenvalue weighted by molar-refractivity contribution is 5.81. The minimum absolute atomic E-state index is 0.0423. The maximum absolute atomic E-state index is 14.5. The van der Waals surface area contributed by atoms with Gasteiger partial charge < -0.3 is 10.3 Å². The van der Waals surface area contributed by atoms with Crippen LogP contribution in [0.15, 0.2) is 54.6 Å². The molecule has 0 aliphatic rings. The molecule has 35 heavy (non-hydrogen) atoms. The first-order valence-corrected chi connectivity index (χ1v) is 10.7. The fourth-order valence-corrected chi connectivity index (χ4v) is 3.44. The molecule has 0 saturated heterocycles. The van der Waals surface area contributed by atoms with Crippen LogP contribution in [0.5, 0.6) is 0 Å². The van der Waals surface area contributed by atoms with Crippen LogP contribution in [-0.2, 0) is 0 Å². The summed E-state index contributed by atoms with van der Waals surface area (Å²) >= 11 is 0. The van der Waals surface area contributed by atoms with Crippen molar-refractivity contribution in [3.05, 3.63) is 82.2 Å². The topological polar surface area (TPSA) is 96.7 Å². The second-order valence-electron chi connectivity index (χ2n) is 9.15. The van der Waals surface area contributed by atoms with Crippen LogP contribution in [0.3, 0.4) is 0 Å². The lowest BCUT2D eigenvalue weighted by Gasteiger charge is -2.19. The molecule has 10 heteroatoms. The lowest BCUT2D eigenvalue weighted by Crippen LogP contribution is -2.20. The Balaban J connectivity index is 1.90. The van der Waals surface area contributed by atoms with Crippen LogP contribution in [0.2, 0.25) is 0 Å². The molecule has 4 rings (SSSR count). The third-order valence-electron chi connectivity index (χ3n) is 5.13. The number of pyridine rings is 1. The van der Waals surface area contributed by atoms with E-state index < -0.39 is 22.4 Å². The summed E-state index contributed by atoms with van der Waals surface area (Å²) in [5, 5.41) is 14.6. The summed E-state index contributed by atoms with van der Waals surface area (Å²) in [5.74, 6) is -2.16. The molecule has 0 amide bonds. The number of H-pyrrole nitrogens is 1. The number of hydrogen-bond donors (Lipinski definition) is 2. The number of hydrogen-bond acceptors (Lipinski definition) is 5. The van der Waals surface area contributed by atoms with Gasteiger partial charge in [-0.15, -0.1) is 0 Å². The van der Waals surface area contributed by atoms with E-state index in [0.29, 0.717) is 12.1 Å². The molecule has 0 fully saturated rings. The molecule has 2 heterocycles.